The first kappa shape index (κ1) is 13.4. The number of hydrogen-bond donors (Lipinski definition) is 0. The lowest BCUT2D eigenvalue weighted by atomic mass is 10.4. The molecule has 5 nitrogen and oxygen atoms in total. The first-order valence-electron chi connectivity index (χ1n) is 6.83. The van der Waals surface area contributed by atoms with E-state index in [2.05, 4.69) is 42.5 Å². The quantitative estimate of drug-likeness (QED) is 0.707. The van der Waals surface area contributed by atoms with Crippen LogP contribution in [0.1, 0.15) is 31.5 Å². The monoisotopic (exact) mass is 335 g/mol. The zero-order valence-electron chi connectivity index (χ0n) is 11.4. The third-order valence-corrected chi connectivity index (χ3v) is 5.93. The lowest BCUT2D eigenvalue weighted by Gasteiger charge is -2.04. The SMILES string of the molecule is CCn1c(Sc2nc(C3CC3)ns2)nnc1-c1cccs1. The molecule has 4 rings (SSSR count). The van der Waals surface area contributed by atoms with E-state index in [4.69, 9.17) is 0 Å². The highest BCUT2D eigenvalue weighted by Crippen LogP contribution is 2.40. The van der Waals surface area contributed by atoms with Gasteiger partial charge in [-0.3, -0.25) is 0 Å². The maximum Gasteiger partial charge on any atom is 0.198 e. The molecule has 0 atom stereocenters. The van der Waals surface area contributed by atoms with Crippen LogP contribution in [0.2, 0.25) is 0 Å². The fourth-order valence-corrected chi connectivity index (χ4v) is 4.48. The van der Waals surface area contributed by atoms with Crippen LogP contribution in [0.5, 0.6) is 0 Å². The van der Waals surface area contributed by atoms with Crippen LogP contribution in [0.25, 0.3) is 10.7 Å². The molecule has 0 spiro atoms. The minimum Gasteiger partial charge on any atom is -0.301 e. The summed E-state index contributed by atoms with van der Waals surface area (Å²) >= 11 is 4.71. The summed E-state index contributed by atoms with van der Waals surface area (Å²) in [5, 5.41) is 11.6. The Hall–Kier alpha value is -1.25. The normalized spacial score (nSPS) is 14.7. The van der Waals surface area contributed by atoms with Gasteiger partial charge < -0.3 is 4.57 Å². The summed E-state index contributed by atoms with van der Waals surface area (Å²) in [6.45, 7) is 2.96. The van der Waals surface area contributed by atoms with Gasteiger partial charge in [0.1, 0.15) is 5.82 Å². The molecule has 1 aliphatic carbocycles. The molecule has 3 aromatic heterocycles. The van der Waals surface area contributed by atoms with Gasteiger partial charge in [0.25, 0.3) is 0 Å². The van der Waals surface area contributed by atoms with E-state index in [9.17, 15) is 0 Å². The van der Waals surface area contributed by atoms with E-state index >= 15 is 0 Å². The van der Waals surface area contributed by atoms with Gasteiger partial charge >= 0.3 is 0 Å². The number of thiophene rings is 1. The molecule has 3 heterocycles. The zero-order valence-corrected chi connectivity index (χ0v) is 13.8. The van der Waals surface area contributed by atoms with Crippen LogP contribution in [0.15, 0.2) is 27.0 Å². The molecule has 108 valence electrons. The molecule has 0 unspecified atom stereocenters. The molecule has 1 aliphatic rings. The van der Waals surface area contributed by atoms with Gasteiger partial charge in [0, 0.05) is 12.5 Å². The third-order valence-electron chi connectivity index (χ3n) is 3.32. The highest BCUT2D eigenvalue weighted by Gasteiger charge is 2.28. The molecule has 0 saturated heterocycles. The van der Waals surface area contributed by atoms with Crippen LogP contribution in [0.4, 0.5) is 0 Å². The molecule has 21 heavy (non-hydrogen) atoms. The van der Waals surface area contributed by atoms with Crippen LogP contribution >= 0.6 is 34.6 Å². The van der Waals surface area contributed by atoms with Crippen molar-refractivity contribution in [3.63, 3.8) is 0 Å². The van der Waals surface area contributed by atoms with Crippen LogP contribution < -0.4 is 0 Å². The van der Waals surface area contributed by atoms with Crippen molar-refractivity contribution in [2.75, 3.05) is 0 Å². The van der Waals surface area contributed by atoms with E-state index in [1.807, 2.05) is 6.07 Å². The molecule has 1 saturated carbocycles. The van der Waals surface area contributed by atoms with Crippen molar-refractivity contribution in [3.05, 3.63) is 23.3 Å². The lowest BCUT2D eigenvalue weighted by molar-refractivity contribution is 0.688. The maximum atomic E-state index is 4.61. The second-order valence-corrected chi connectivity index (χ2v) is 7.74. The fourth-order valence-electron chi connectivity index (χ4n) is 2.08. The first-order valence-corrected chi connectivity index (χ1v) is 9.30. The molecule has 1 fully saturated rings. The van der Waals surface area contributed by atoms with Gasteiger partial charge in [0.05, 0.1) is 4.88 Å². The topological polar surface area (TPSA) is 56.5 Å². The van der Waals surface area contributed by atoms with E-state index in [1.54, 1.807) is 23.1 Å². The van der Waals surface area contributed by atoms with Crippen molar-refractivity contribution in [1.29, 1.82) is 0 Å². The van der Waals surface area contributed by atoms with Gasteiger partial charge in [-0.05, 0) is 54.5 Å². The maximum absolute atomic E-state index is 4.61. The van der Waals surface area contributed by atoms with Crippen molar-refractivity contribution in [2.45, 2.75) is 41.7 Å². The Morgan fingerprint density at radius 1 is 1.38 bits per heavy atom. The lowest BCUT2D eigenvalue weighted by Crippen LogP contribution is -1.98. The molecule has 0 amide bonds. The van der Waals surface area contributed by atoms with Crippen LogP contribution in [-0.2, 0) is 6.54 Å². The summed E-state index contributed by atoms with van der Waals surface area (Å²) in [7, 11) is 0. The van der Waals surface area contributed by atoms with Crippen LogP contribution in [0, 0.1) is 0 Å². The zero-order chi connectivity index (χ0) is 14.2. The van der Waals surface area contributed by atoms with Gasteiger partial charge in [-0.2, -0.15) is 4.37 Å². The summed E-state index contributed by atoms with van der Waals surface area (Å²) in [5.74, 6) is 2.53. The highest BCUT2D eigenvalue weighted by molar-refractivity contribution is 8.00. The Bertz CT molecular complexity index is 742. The van der Waals surface area contributed by atoms with Crippen molar-refractivity contribution in [1.82, 2.24) is 24.1 Å². The number of hydrogen-bond acceptors (Lipinski definition) is 7. The Kier molecular flexibility index (Phi) is 3.52. The number of rotatable bonds is 5. The van der Waals surface area contributed by atoms with Crippen molar-refractivity contribution in [2.24, 2.45) is 0 Å². The van der Waals surface area contributed by atoms with E-state index in [0.29, 0.717) is 5.92 Å². The summed E-state index contributed by atoms with van der Waals surface area (Å²) < 4.78 is 7.53. The minimum absolute atomic E-state index is 0.598. The van der Waals surface area contributed by atoms with Gasteiger partial charge in [-0.1, -0.05) is 6.07 Å². The van der Waals surface area contributed by atoms with E-state index < -0.39 is 0 Å². The minimum atomic E-state index is 0.598. The predicted octanol–water partition coefficient (Wildman–Crippen LogP) is 3.91. The van der Waals surface area contributed by atoms with Crippen LogP contribution in [0.3, 0.4) is 0 Å². The number of aromatic nitrogens is 5. The standard InChI is InChI=1S/C13H13N5S3/c1-2-18-11(9-4-3-7-19-9)15-16-12(18)20-13-14-10(17-21-13)8-5-6-8/h3-4,7-8H,2,5-6H2,1H3. The van der Waals surface area contributed by atoms with Crippen molar-refractivity contribution >= 4 is 34.6 Å². The highest BCUT2D eigenvalue weighted by atomic mass is 32.2. The smallest absolute Gasteiger partial charge is 0.198 e. The van der Waals surface area contributed by atoms with Gasteiger partial charge in [0.15, 0.2) is 15.3 Å². The molecule has 0 radical (unpaired) electrons. The average molecular weight is 335 g/mol. The summed E-state index contributed by atoms with van der Waals surface area (Å²) in [4.78, 5) is 5.75. The van der Waals surface area contributed by atoms with Crippen LogP contribution in [-0.4, -0.2) is 24.1 Å². The average Bonchev–Trinajstić information content (AvgIpc) is 2.95. The summed E-state index contributed by atoms with van der Waals surface area (Å²) in [6.07, 6.45) is 2.46. The largest absolute Gasteiger partial charge is 0.301 e. The van der Waals surface area contributed by atoms with Gasteiger partial charge in [-0.25, -0.2) is 4.98 Å². The summed E-state index contributed by atoms with van der Waals surface area (Å²) in [6, 6.07) is 4.11. The Labute approximate surface area is 134 Å². The second-order valence-electron chi connectivity index (χ2n) is 4.82. The number of nitrogens with zero attached hydrogens (tertiary/aromatic N) is 5. The predicted molar refractivity (Wildman–Crippen MR) is 85.0 cm³/mol. The molecule has 0 N–H and O–H groups in total. The molecule has 0 aromatic carbocycles. The van der Waals surface area contributed by atoms with Gasteiger partial charge in [-0.15, -0.1) is 21.5 Å². The molecule has 8 heteroatoms. The first-order chi connectivity index (χ1) is 10.3. The Balaban J connectivity index is 1.62. The van der Waals surface area contributed by atoms with E-state index in [0.717, 1.165) is 32.6 Å². The van der Waals surface area contributed by atoms with Crippen molar-refractivity contribution < 1.29 is 0 Å². The van der Waals surface area contributed by atoms with E-state index in [-0.39, 0.29) is 0 Å². The fraction of sp³-hybridized carbons (Fsp3) is 0.385. The third kappa shape index (κ3) is 2.63. The van der Waals surface area contributed by atoms with Crippen molar-refractivity contribution in [3.8, 4) is 10.7 Å². The molecular formula is C13H13N5S3. The Morgan fingerprint density at radius 3 is 3.00 bits per heavy atom. The Morgan fingerprint density at radius 2 is 2.29 bits per heavy atom. The van der Waals surface area contributed by atoms with Gasteiger partial charge in [0.2, 0.25) is 0 Å². The summed E-state index contributed by atoms with van der Waals surface area (Å²) in [5.41, 5.74) is 0. The molecule has 3 aromatic rings. The molecule has 0 aliphatic heterocycles. The van der Waals surface area contributed by atoms with E-state index in [1.165, 1.54) is 24.4 Å². The molecular weight excluding hydrogens is 322 g/mol. The molecule has 0 bridgehead atoms. The second kappa shape index (κ2) is 5.51.